The van der Waals surface area contributed by atoms with Crippen molar-refractivity contribution in [2.75, 3.05) is 26.2 Å². The largest absolute Gasteiger partial charge is 0.351 e. The van der Waals surface area contributed by atoms with Crippen LogP contribution in [0.5, 0.6) is 0 Å². The number of carbonyl (C=O) groups excluding carboxylic acids is 1. The molecule has 0 bridgehead atoms. The van der Waals surface area contributed by atoms with E-state index in [0.29, 0.717) is 0 Å². The molecule has 0 radical (unpaired) electrons. The zero-order valence-corrected chi connectivity index (χ0v) is 14.5. The van der Waals surface area contributed by atoms with Gasteiger partial charge in [0.2, 0.25) is 5.91 Å². The summed E-state index contributed by atoms with van der Waals surface area (Å²) in [6.45, 7) is 14.7. The molecule has 1 aliphatic rings. The van der Waals surface area contributed by atoms with Crippen molar-refractivity contribution < 1.29 is 4.79 Å². The molecule has 20 heavy (non-hydrogen) atoms. The van der Waals surface area contributed by atoms with Crippen LogP contribution < -0.4 is 10.6 Å². The van der Waals surface area contributed by atoms with Crippen LogP contribution in [0.2, 0.25) is 0 Å². The van der Waals surface area contributed by atoms with Crippen molar-refractivity contribution in [3.05, 3.63) is 0 Å². The summed E-state index contributed by atoms with van der Waals surface area (Å²) >= 11 is 0. The molecule has 0 aromatic rings. The molecule has 1 amide bonds. The van der Waals surface area contributed by atoms with Gasteiger partial charge < -0.3 is 15.5 Å². The molecule has 0 saturated carbocycles. The second-order valence-corrected chi connectivity index (χ2v) is 6.37. The minimum Gasteiger partial charge on any atom is -0.351 e. The summed E-state index contributed by atoms with van der Waals surface area (Å²) in [6.07, 6.45) is 2.27. The minimum atomic E-state index is -0.0552. The summed E-state index contributed by atoms with van der Waals surface area (Å²) < 4.78 is 0. The van der Waals surface area contributed by atoms with Gasteiger partial charge in [-0.15, -0.1) is 12.4 Å². The van der Waals surface area contributed by atoms with Gasteiger partial charge in [-0.2, -0.15) is 0 Å². The summed E-state index contributed by atoms with van der Waals surface area (Å²) in [5.74, 6) is 0.157. The van der Waals surface area contributed by atoms with Crippen LogP contribution in [0.3, 0.4) is 0 Å². The molecule has 1 rings (SSSR count). The molecule has 0 aliphatic carbocycles. The van der Waals surface area contributed by atoms with Crippen molar-refractivity contribution in [1.82, 2.24) is 15.5 Å². The summed E-state index contributed by atoms with van der Waals surface area (Å²) in [4.78, 5) is 14.7. The molecule has 2 unspecified atom stereocenters. The van der Waals surface area contributed by atoms with Gasteiger partial charge in [-0.1, -0.05) is 27.7 Å². The molecule has 1 fully saturated rings. The average molecular weight is 306 g/mol. The van der Waals surface area contributed by atoms with E-state index < -0.39 is 0 Å². The monoisotopic (exact) mass is 305 g/mol. The van der Waals surface area contributed by atoms with E-state index in [1.54, 1.807) is 0 Å². The predicted octanol–water partition coefficient (Wildman–Crippen LogP) is 2.03. The summed E-state index contributed by atoms with van der Waals surface area (Å²) in [5, 5.41) is 6.53. The van der Waals surface area contributed by atoms with E-state index in [2.05, 4.69) is 50.2 Å². The zero-order valence-electron chi connectivity index (χ0n) is 13.7. The van der Waals surface area contributed by atoms with E-state index in [1.807, 2.05) is 0 Å². The molecular weight excluding hydrogens is 274 g/mol. The van der Waals surface area contributed by atoms with Crippen LogP contribution in [0.25, 0.3) is 0 Å². The lowest BCUT2D eigenvalue weighted by Crippen LogP contribution is -2.57. The van der Waals surface area contributed by atoms with E-state index in [1.165, 1.54) is 0 Å². The summed E-state index contributed by atoms with van der Waals surface area (Å²) in [6, 6.07) is 0.146. The van der Waals surface area contributed by atoms with Crippen molar-refractivity contribution in [2.24, 2.45) is 5.41 Å². The van der Waals surface area contributed by atoms with Gasteiger partial charge >= 0.3 is 0 Å². The Morgan fingerprint density at radius 2 is 2.00 bits per heavy atom. The summed E-state index contributed by atoms with van der Waals surface area (Å²) in [7, 11) is 0. The third-order valence-electron chi connectivity index (χ3n) is 4.21. The van der Waals surface area contributed by atoms with Crippen molar-refractivity contribution in [3.8, 4) is 0 Å². The zero-order chi connectivity index (χ0) is 14.5. The van der Waals surface area contributed by atoms with Crippen LogP contribution >= 0.6 is 12.4 Å². The third kappa shape index (κ3) is 5.58. The van der Waals surface area contributed by atoms with Crippen molar-refractivity contribution >= 4 is 18.3 Å². The fraction of sp³-hybridized carbons (Fsp3) is 0.933. The van der Waals surface area contributed by atoms with Crippen molar-refractivity contribution in [1.29, 1.82) is 0 Å². The molecule has 5 heteroatoms. The molecule has 1 heterocycles. The van der Waals surface area contributed by atoms with Gasteiger partial charge in [0.25, 0.3) is 0 Å². The number of halogens is 1. The fourth-order valence-corrected chi connectivity index (χ4v) is 2.90. The number of nitrogens with one attached hydrogen (secondary N) is 2. The van der Waals surface area contributed by atoms with Crippen LogP contribution in [0.4, 0.5) is 0 Å². The molecule has 1 aliphatic heterocycles. The highest BCUT2D eigenvalue weighted by atomic mass is 35.5. The summed E-state index contributed by atoms with van der Waals surface area (Å²) in [5.41, 5.74) is 0.0528. The van der Waals surface area contributed by atoms with Gasteiger partial charge in [-0.05, 0) is 44.8 Å². The number of carbonyl (C=O) groups is 1. The first kappa shape index (κ1) is 19.7. The quantitative estimate of drug-likeness (QED) is 0.789. The number of likely N-dealkylation sites (N-methyl/N-ethyl adjacent to an activating group) is 1. The smallest absolute Gasteiger partial charge is 0.237 e. The topological polar surface area (TPSA) is 44.4 Å². The molecule has 4 nitrogen and oxygen atoms in total. The third-order valence-corrected chi connectivity index (χ3v) is 4.21. The number of hydrogen-bond donors (Lipinski definition) is 2. The Kier molecular flexibility index (Phi) is 8.71. The lowest BCUT2D eigenvalue weighted by Gasteiger charge is -2.39. The Labute approximate surface area is 130 Å². The first-order valence-electron chi connectivity index (χ1n) is 7.66. The standard InChI is InChI=1S/C15H31N3O.ClH/c1-6-18(7-2)11-12(3)17-14(19)13-15(4,5)9-8-10-16-13;/h12-13,16H,6-11H2,1-5H3,(H,17,19);1H. The second-order valence-electron chi connectivity index (χ2n) is 6.37. The van der Waals surface area contributed by atoms with E-state index in [-0.39, 0.29) is 35.8 Å². The van der Waals surface area contributed by atoms with E-state index >= 15 is 0 Å². The van der Waals surface area contributed by atoms with Gasteiger partial charge in [-0.3, -0.25) is 4.79 Å². The fourth-order valence-electron chi connectivity index (χ4n) is 2.90. The lowest BCUT2D eigenvalue weighted by atomic mass is 9.77. The van der Waals surface area contributed by atoms with E-state index in [9.17, 15) is 4.79 Å². The first-order chi connectivity index (χ1) is 8.90. The second kappa shape index (κ2) is 8.85. The Morgan fingerprint density at radius 3 is 2.50 bits per heavy atom. The number of rotatable bonds is 6. The maximum atomic E-state index is 12.4. The normalized spacial score (nSPS) is 23.0. The highest BCUT2D eigenvalue weighted by molar-refractivity contribution is 5.85. The average Bonchev–Trinajstić information content (AvgIpc) is 2.35. The predicted molar refractivity (Wildman–Crippen MR) is 87.4 cm³/mol. The molecule has 0 aromatic carbocycles. The maximum Gasteiger partial charge on any atom is 0.237 e. The van der Waals surface area contributed by atoms with Crippen LogP contribution in [-0.2, 0) is 4.79 Å². The molecule has 2 N–H and O–H groups in total. The maximum absolute atomic E-state index is 12.4. The van der Waals surface area contributed by atoms with Gasteiger partial charge in [0.15, 0.2) is 0 Å². The SMILES string of the molecule is CCN(CC)CC(C)NC(=O)C1NCCCC1(C)C.Cl. The molecule has 2 atom stereocenters. The van der Waals surface area contributed by atoms with Gasteiger partial charge in [0, 0.05) is 12.6 Å². The van der Waals surface area contributed by atoms with E-state index in [4.69, 9.17) is 0 Å². The molecule has 0 aromatic heterocycles. The van der Waals surface area contributed by atoms with Crippen LogP contribution in [-0.4, -0.2) is 49.1 Å². The van der Waals surface area contributed by atoms with Crippen LogP contribution in [0.15, 0.2) is 0 Å². The number of nitrogens with zero attached hydrogens (tertiary/aromatic N) is 1. The number of piperidine rings is 1. The molecular formula is C15H32ClN3O. The van der Waals surface area contributed by atoms with Crippen molar-refractivity contribution in [3.63, 3.8) is 0 Å². The number of hydrogen-bond acceptors (Lipinski definition) is 3. The van der Waals surface area contributed by atoms with Gasteiger partial charge in [-0.25, -0.2) is 0 Å². The molecule has 1 saturated heterocycles. The number of amides is 1. The van der Waals surface area contributed by atoms with Crippen molar-refractivity contribution in [2.45, 2.75) is 59.5 Å². The molecule has 0 spiro atoms. The lowest BCUT2D eigenvalue weighted by molar-refractivity contribution is -0.127. The Morgan fingerprint density at radius 1 is 1.40 bits per heavy atom. The highest BCUT2D eigenvalue weighted by Crippen LogP contribution is 2.30. The highest BCUT2D eigenvalue weighted by Gasteiger charge is 2.37. The van der Waals surface area contributed by atoms with Crippen LogP contribution in [0.1, 0.15) is 47.5 Å². The molecule has 120 valence electrons. The van der Waals surface area contributed by atoms with Gasteiger partial charge in [0.05, 0.1) is 6.04 Å². The van der Waals surface area contributed by atoms with E-state index in [0.717, 1.165) is 39.0 Å². The Bertz CT molecular complexity index is 293. The minimum absolute atomic E-state index is 0. The van der Waals surface area contributed by atoms with Crippen LogP contribution in [0, 0.1) is 5.41 Å². The Hall–Kier alpha value is -0.320. The Balaban J connectivity index is 0.00000361. The van der Waals surface area contributed by atoms with Gasteiger partial charge in [0.1, 0.15) is 0 Å². The first-order valence-corrected chi connectivity index (χ1v) is 7.66.